The molecule has 0 unspecified atom stereocenters. The summed E-state index contributed by atoms with van der Waals surface area (Å²) in [5, 5.41) is 5.54. The Morgan fingerprint density at radius 3 is 1.76 bits per heavy atom. The highest BCUT2D eigenvalue weighted by molar-refractivity contribution is 6.20. The van der Waals surface area contributed by atoms with Crippen LogP contribution in [0.25, 0.3) is 0 Å². The molecule has 0 aliphatic carbocycles. The second-order valence-corrected chi connectivity index (χ2v) is 6.59. The van der Waals surface area contributed by atoms with E-state index >= 15 is 0 Å². The maximum atomic E-state index is 12.0. The number of nitrogens with one attached hydrogen (secondary N) is 2. The maximum absolute atomic E-state index is 12.0. The van der Waals surface area contributed by atoms with E-state index < -0.39 is 29.1 Å². The highest BCUT2D eigenvalue weighted by atomic mass is 16.6. The lowest BCUT2D eigenvalue weighted by molar-refractivity contribution is -0.154. The summed E-state index contributed by atoms with van der Waals surface area (Å²) < 4.78 is 15.0. The van der Waals surface area contributed by atoms with Gasteiger partial charge in [-0.05, 0) is 18.2 Å². The van der Waals surface area contributed by atoms with Gasteiger partial charge in [0, 0.05) is 12.7 Å². The molecule has 1 aromatic heterocycles. The molecule has 1 fully saturated rings. The van der Waals surface area contributed by atoms with Gasteiger partial charge in [0.05, 0.1) is 6.67 Å². The zero-order valence-electron chi connectivity index (χ0n) is 20.2. The van der Waals surface area contributed by atoms with E-state index in [1.165, 1.54) is 12.2 Å². The number of nitrogens with zero attached hydrogens (tertiary/aromatic N) is 4. The first kappa shape index (κ1) is 30.3. The number of hydrogen-bond donors (Lipinski definition) is 2. The van der Waals surface area contributed by atoms with Crippen molar-refractivity contribution in [3.05, 3.63) is 75.9 Å². The quantitative estimate of drug-likeness (QED) is 0.162. The first-order chi connectivity index (χ1) is 17.7. The Labute approximate surface area is 213 Å². The second kappa shape index (κ2) is 15.3. The molecule has 0 spiro atoms. The van der Waals surface area contributed by atoms with Crippen LogP contribution in [-0.4, -0.2) is 75.5 Å². The highest BCUT2D eigenvalue weighted by Gasteiger charge is 2.50. The first-order valence-corrected chi connectivity index (χ1v) is 10.5. The third-order valence-corrected chi connectivity index (χ3v) is 4.26. The molecule has 1 saturated heterocycles. The van der Waals surface area contributed by atoms with Gasteiger partial charge in [0.15, 0.2) is 0 Å². The third kappa shape index (κ3) is 8.16. The Kier molecular flexibility index (Phi) is 12.5. The monoisotopic (exact) mass is 512 g/mol. The summed E-state index contributed by atoms with van der Waals surface area (Å²) in [6.45, 7) is 21.0. The Hall–Kier alpha value is -4.75. The Balaban J connectivity index is 0.000000371. The topological polar surface area (TPSA) is 162 Å². The van der Waals surface area contributed by atoms with Crippen LogP contribution in [0.3, 0.4) is 0 Å². The third-order valence-electron chi connectivity index (χ3n) is 4.26. The van der Waals surface area contributed by atoms with E-state index in [0.717, 1.165) is 29.2 Å². The van der Waals surface area contributed by atoms with E-state index in [1.54, 1.807) is 0 Å². The largest absolute Gasteiger partial charge is 0.459 e. The minimum Gasteiger partial charge on any atom is -0.459 e. The molecule has 13 heteroatoms. The number of hydrogen-bond acceptors (Lipinski definition) is 12. The van der Waals surface area contributed by atoms with Crippen LogP contribution in [0.2, 0.25) is 0 Å². The molecule has 0 saturated carbocycles. The predicted molar refractivity (Wildman–Crippen MR) is 133 cm³/mol. The van der Waals surface area contributed by atoms with Crippen LogP contribution in [0.4, 0.5) is 0 Å². The normalized spacial score (nSPS) is 13.4. The Morgan fingerprint density at radius 2 is 1.32 bits per heavy atom. The van der Waals surface area contributed by atoms with Crippen molar-refractivity contribution in [2.45, 2.75) is 5.66 Å². The number of carbonyl (C=O) groups is 4. The van der Waals surface area contributed by atoms with E-state index in [2.05, 4.69) is 65.1 Å². The van der Waals surface area contributed by atoms with Crippen LogP contribution in [-0.2, 0) is 19.2 Å². The molecule has 1 aliphatic rings. The van der Waals surface area contributed by atoms with Crippen molar-refractivity contribution in [1.82, 2.24) is 30.5 Å². The van der Waals surface area contributed by atoms with Crippen LogP contribution in [0.1, 0.15) is 0 Å². The van der Waals surface area contributed by atoms with Gasteiger partial charge in [-0.25, -0.2) is 4.79 Å². The molecule has 196 valence electrons. The van der Waals surface area contributed by atoms with E-state index in [-0.39, 0.29) is 44.6 Å². The maximum Gasteiger partial charge on any atom is 0.337 e. The van der Waals surface area contributed by atoms with Crippen LogP contribution >= 0.6 is 0 Å². The average Bonchev–Trinajstić information content (AvgIpc) is 2.93. The lowest BCUT2D eigenvalue weighted by Crippen LogP contribution is -2.75. The second-order valence-electron chi connectivity index (χ2n) is 6.59. The number of ether oxygens (including phenoxy) is 3. The van der Waals surface area contributed by atoms with Gasteiger partial charge in [-0.2, -0.15) is 0 Å². The smallest absolute Gasteiger partial charge is 0.337 e. The fraction of sp³-hybridized carbons (Fsp3) is 0.208. The summed E-state index contributed by atoms with van der Waals surface area (Å²) >= 11 is 0. The molecule has 2 N–H and O–H groups in total. The van der Waals surface area contributed by atoms with Gasteiger partial charge in [0.1, 0.15) is 13.2 Å². The highest BCUT2D eigenvalue weighted by Crippen LogP contribution is 2.19. The van der Waals surface area contributed by atoms with Crippen LogP contribution < -0.4 is 24.8 Å². The molecule has 1 amide bonds. The first-order valence-electron chi connectivity index (χ1n) is 10.5. The number of carbonyl (C=O) groups excluding carboxylic acids is 4. The number of ketones is 2. The van der Waals surface area contributed by atoms with E-state index in [9.17, 15) is 19.2 Å². The van der Waals surface area contributed by atoms with E-state index in [4.69, 9.17) is 14.2 Å². The van der Waals surface area contributed by atoms with E-state index in [0.29, 0.717) is 0 Å². The van der Waals surface area contributed by atoms with E-state index in [1.807, 2.05) is 0 Å². The number of rotatable bonds is 13. The van der Waals surface area contributed by atoms with Crippen molar-refractivity contribution in [1.29, 1.82) is 0 Å². The predicted octanol–water partition coefficient (Wildman–Crippen LogP) is 0.408. The Bertz CT molecular complexity index is 1040. The van der Waals surface area contributed by atoms with Crippen LogP contribution in [0, 0.1) is 0 Å². The molecular weight excluding hydrogens is 484 g/mol. The summed E-state index contributed by atoms with van der Waals surface area (Å²) in [5.74, 6) is -2.45. The van der Waals surface area contributed by atoms with Gasteiger partial charge >= 0.3 is 24.0 Å². The molecule has 13 nitrogen and oxygen atoms in total. The molecule has 2 heterocycles. The Morgan fingerprint density at radius 1 is 0.811 bits per heavy atom. The molecule has 2 rings (SSSR count). The summed E-state index contributed by atoms with van der Waals surface area (Å²) in [6.07, 6.45) is 7.06. The minimum absolute atomic E-state index is 0.0409. The van der Waals surface area contributed by atoms with Crippen LogP contribution in [0.5, 0.6) is 18.0 Å². The number of esters is 1. The molecule has 0 aromatic carbocycles. The molecule has 0 radical (unpaired) electrons. The minimum atomic E-state index is -1.78. The SMILES string of the molecule is C=CC(=O)N1CNCNC1(C(=O)C=C)C(=O)C=C.C=CCOc1nc(OCC=C)nc(OC(=O)C=C)n1. The summed E-state index contributed by atoms with van der Waals surface area (Å²) in [5.41, 5.74) is -1.78. The fourth-order valence-electron chi connectivity index (χ4n) is 2.68. The summed E-state index contributed by atoms with van der Waals surface area (Å²) in [4.78, 5) is 59.4. The molecule has 37 heavy (non-hydrogen) atoms. The van der Waals surface area contributed by atoms with Gasteiger partial charge in [-0.3, -0.25) is 29.9 Å². The van der Waals surface area contributed by atoms with Crippen molar-refractivity contribution in [2.75, 3.05) is 26.6 Å². The molecule has 1 aromatic rings. The fourth-order valence-corrected chi connectivity index (χ4v) is 2.68. The van der Waals surface area contributed by atoms with Gasteiger partial charge in [-0.15, -0.1) is 15.0 Å². The summed E-state index contributed by atoms with van der Waals surface area (Å²) in [6, 6.07) is -0.320. The van der Waals surface area contributed by atoms with Gasteiger partial charge in [0.2, 0.25) is 23.1 Å². The van der Waals surface area contributed by atoms with Crippen molar-refractivity contribution in [3.8, 4) is 18.0 Å². The molecule has 0 bridgehead atoms. The van der Waals surface area contributed by atoms with Crippen molar-refractivity contribution in [2.24, 2.45) is 0 Å². The van der Waals surface area contributed by atoms with Crippen molar-refractivity contribution < 1.29 is 33.4 Å². The van der Waals surface area contributed by atoms with Crippen molar-refractivity contribution >= 4 is 23.4 Å². The van der Waals surface area contributed by atoms with Crippen LogP contribution in [0.15, 0.2) is 75.9 Å². The molecule has 0 atom stereocenters. The summed E-state index contributed by atoms with van der Waals surface area (Å²) in [7, 11) is 0. The molecule has 1 aliphatic heterocycles. The van der Waals surface area contributed by atoms with Gasteiger partial charge in [0.25, 0.3) is 0 Å². The lowest BCUT2D eigenvalue weighted by Gasteiger charge is -2.43. The lowest BCUT2D eigenvalue weighted by atomic mass is 9.95. The number of amides is 1. The number of aromatic nitrogens is 3. The van der Waals surface area contributed by atoms with Gasteiger partial charge < -0.3 is 14.2 Å². The van der Waals surface area contributed by atoms with Crippen molar-refractivity contribution in [3.63, 3.8) is 0 Å². The van der Waals surface area contributed by atoms with Gasteiger partial charge in [-0.1, -0.05) is 51.6 Å². The zero-order chi connectivity index (χ0) is 27.8. The zero-order valence-corrected chi connectivity index (χ0v) is 20.2. The standard InChI is InChI=1S/C12H13N3O4.C12H15N3O3/c1-4-7-17-10-13-11(18-8-5-2)15-12(14-10)19-9(16)6-3;1-4-9(16)12(10(17)5-2)14-7-13-8-15(12)11(18)6-3/h4-6H,1-3,7-8H2;4-6,13-14H,1-3,7-8H2. The molecular formula is C24H28N6O7. The average molecular weight is 513 g/mol.